The number of ether oxygens (including phenoxy) is 1. The Hall–Kier alpha value is -3.16. The number of hydrogen-bond acceptors (Lipinski definition) is 6. The third-order valence-corrected chi connectivity index (χ3v) is 4.83. The summed E-state index contributed by atoms with van der Waals surface area (Å²) in [5.74, 6) is 1.85. The smallest absolute Gasteiger partial charge is 0.220 e. The fourth-order valence-electron chi connectivity index (χ4n) is 3.37. The average molecular weight is 412 g/mol. The first-order valence-electron chi connectivity index (χ1n) is 10.2. The van der Waals surface area contributed by atoms with E-state index < -0.39 is 0 Å². The van der Waals surface area contributed by atoms with Gasteiger partial charge in [-0.05, 0) is 44.9 Å². The number of carbonyl (C=O) groups is 1. The second-order valence-electron chi connectivity index (χ2n) is 7.48. The number of methoxy groups -OCH3 is 1. The van der Waals surface area contributed by atoms with Crippen LogP contribution >= 0.6 is 0 Å². The van der Waals surface area contributed by atoms with Gasteiger partial charge in [-0.2, -0.15) is 5.10 Å². The van der Waals surface area contributed by atoms with E-state index >= 15 is 0 Å². The van der Waals surface area contributed by atoms with E-state index in [1.165, 1.54) is 0 Å². The number of amides is 1. The van der Waals surface area contributed by atoms with Crippen molar-refractivity contribution in [3.8, 4) is 5.75 Å². The van der Waals surface area contributed by atoms with E-state index in [1.807, 2.05) is 55.8 Å². The van der Waals surface area contributed by atoms with Crippen LogP contribution in [0.4, 0.5) is 0 Å². The van der Waals surface area contributed by atoms with Gasteiger partial charge in [-0.3, -0.25) is 9.48 Å². The van der Waals surface area contributed by atoms with Gasteiger partial charge in [0.25, 0.3) is 0 Å². The molecule has 1 N–H and O–H groups in total. The maximum Gasteiger partial charge on any atom is 0.220 e. The lowest BCUT2D eigenvalue weighted by Crippen LogP contribution is -2.36. The maximum absolute atomic E-state index is 12.3. The zero-order valence-electron chi connectivity index (χ0n) is 18.0. The Morgan fingerprint density at radius 1 is 1.17 bits per heavy atom. The van der Waals surface area contributed by atoms with Crippen molar-refractivity contribution in [3.05, 3.63) is 59.1 Å². The minimum atomic E-state index is -0.0437. The van der Waals surface area contributed by atoms with Gasteiger partial charge >= 0.3 is 0 Å². The molecule has 1 amide bonds. The van der Waals surface area contributed by atoms with E-state index in [1.54, 1.807) is 7.11 Å². The minimum absolute atomic E-state index is 0.0189. The van der Waals surface area contributed by atoms with Crippen LogP contribution in [-0.4, -0.2) is 39.0 Å². The fraction of sp³-hybridized carbons (Fsp3) is 0.455. The zero-order chi connectivity index (χ0) is 21.5. The highest BCUT2D eigenvalue weighted by molar-refractivity contribution is 5.76. The third-order valence-electron chi connectivity index (χ3n) is 4.83. The van der Waals surface area contributed by atoms with Crippen LogP contribution in [-0.2, 0) is 30.6 Å². The molecule has 0 spiro atoms. The monoisotopic (exact) mass is 411 g/mol. The van der Waals surface area contributed by atoms with Crippen molar-refractivity contribution in [2.24, 2.45) is 0 Å². The van der Waals surface area contributed by atoms with Crippen molar-refractivity contribution >= 4 is 5.91 Å². The molecule has 0 unspecified atom stereocenters. The molecule has 2 aromatic heterocycles. The molecule has 0 aliphatic heterocycles. The molecular formula is C22H29N5O3. The number of aromatic nitrogens is 4. The van der Waals surface area contributed by atoms with Crippen molar-refractivity contribution in [2.45, 2.75) is 59.0 Å². The first kappa shape index (κ1) is 21.5. The van der Waals surface area contributed by atoms with E-state index in [2.05, 4.69) is 20.6 Å². The van der Waals surface area contributed by atoms with Gasteiger partial charge in [-0.25, -0.2) is 0 Å². The van der Waals surface area contributed by atoms with Gasteiger partial charge in [-0.1, -0.05) is 18.2 Å². The topological polar surface area (TPSA) is 95.1 Å². The Labute approximate surface area is 176 Å². The van der Waals surface area contributed by atoms with E-state index in [-0.39, 0.29) is 11.9 Å². The lowest BCUT2D eigenvalue weighted by molar-refractivity contribution is -0.121. The van der Waals surface area contributed by atoms with Crippen LogP contribution in [0.1, 0.15) is 42.1 Å². The number of rotatable bonds is 10. The highest BCUT2D eigenvalue weighted by Crippen LogP contribution is 2.19. The van der Waals surface area contributed by atoms with Gasteiger partial charge in [0, 0.05) is 31.0 Å². The Morgan fingerprint density at radius 3 is 2.60 bits per heavy atom. The van der Waals surface area contributed by atoms with Crippen LogP contribution in [0.5, 0.6) is 5.75 Å². The highest BCUT2D eigenvalue weighted by atomic mass is 16.5. The predicted molar refractivity (Wildman–Crippen MR) is 112 cm³/mol. The molecule has 0 saturated carbocycles. The molecule has 0 bridgehead atoms. The van der Waals surface area contributed by atoms with Crippen LogP contribution in [0.15, 0.2) is 34.7 Å². The number of benzene rings is 1. The van der Waals surface area contributed by atoms with Gasteiger partial charge in [0.1, 0.15) is 5.75 Å². The van der Waals surface area contributed by atoms with Crippen molar-refractivity contribution in [2.75, 3.05) is 7.11 Å². The van der Waals surface area contributed by atoms with Gasteiger partial charge in [0.05, 0.1) is 19.3 Å². The quantitative estimate of drug-likeness (QED) is 0.551. The van der Waals surface area contributed by atoms with Crippen LogP contribution < -0.4 is 10.1 Å². The molecule has 160 valence electrons. The standard InChI is InChI=1S/C22H29N5O3/c1-15-13-17(3)27(26-15)14-16(2)23-20(28)10-12-22-25-24-21(30-22)11-9-18-7-5-6-8-19(18)29-4/h5-8,13,16H,9-12,14H2,1-4H3,(H,23,28)/t16-/m0/s1. The summed E-state index contributed by atoms with van der Waals surface area (Å²) in [6.45, 7) is 6.58. The highest BCUT2D eigenvalue weighted by Gasteiger charge is 2.13. The minimum Gasteiger partial charge on any atom is -0.496 e. The number of nitrogens with one attached hydrogen (secondary N) is 1. The van der Waals surface area contributed by atoms with E-state index in [4.69, 9.17) is 9.15 Å². The van der Waals surface area contributed by atoms with Crippen molar-refractivity contribution in [1.29, 1.82) is 0 Å². The molecular weight excluding hydrogens is 382 g/mol. The second-order valence-corrected chi connectivity index (χ2v) is 7.48. The molecule has 0 saturated heterocycles. The number of carbonyl (C=O) groups excluding carboxylic acids is 1. The second kappa shape index (κ2) is 10.0. The lowest BCUT2D eigenvalue weighted by Gasteiger charge is -2.14. The Bertz CT molecular complexity index is 979. The average Bonchev–Trinajstić information content (AvgIpc) is 3.30. The predicted octanol–water partition coefficient (Wildman–Crippen LogP) is 2.81. The van der Waals surface area contributed by atoms with Gasteiger partial charge < -0.3 is 14.5 Å². The Morgan fingerprint density at radius 2 is 1.90 bits per heavy atom. The molecule has 3 aromatic rings. The maximum atomic E-state index is 12.3. The summed E-state index contributed by atoms with van der Waals surface area (Å²) < 4.78 is 13.0. The lowest BCUT2D eigenvalue weighted by atomic mass is 10.1. The van der Waals surface area contributed by atoms with Crippen LogP contribution in [0.3, 0.4) is 0 Å². The van der Waals surface area contributed by atoms with E-state index in [0.717, 1.165) is 29.1 Å². The first-order chi connectivity index (χ1) is 14.4. The van der Waals surface area contributed by atoms with Crippen molar-refractivity contribution in [1.82, 2.24) is 25.3 Å². The molecule has 0 aliphatic carbocycles. The SMILES string of the molecule is COc1ccccc1CCc1nnc(CCC(=O)N[C@@H](C)Cn2nc(C)cc2C)o1. The summed E-state index contributed by atoms with van der Waals surface area (Å²) >= 11 is 0. The molecule has 0 aliphatic rings. The van der Waals surface area contributed by atoms with Gasteiger partial charge in [-0.15, -0.1) is 10.2 Å². The van der Waals surface area contributed by atoms with Crippen molar-refractivity contribution in [3.63, 3.8) is 0 Å². The molecule has 0 fully saturated rings. The Balaban J connectivity index is 1.43. The summed E-state index contributed by atoms with van der Waals surface area (Å²) in [6.07, 6.45) is 2.09. The molecule has 3 rings (SSSR count). The molecule has 8 heteroatoms. The number of nitrogens with zero attached hydrogens (tertiary/aromatic N) is 4. The number of hydrogen-bond donors (Lipinski definition) is 1. The molecule has 2 heterocycles. The molecule has 30 heavy (non-hydrogen) atoms. The third kappa shape index (κ3) is 5.92. The van der Waals surface area contributed by atoms with E-state index in [0.29, 0.717) is 37.6 Å². The zero-order valence-corrected chi connectivity index (χ0v) is 18.0. The molecule has 8 nitrogen and oxygen atoms in total. The van der Waals surface area contributed by atoms with Crippen LogP contribution in [0.25, 0.3) is 0 Å². The fourth-order valence-corrected chi connectivity index (χ4v) is 3.37. The number of aryl methyl sites for hydroxylation is 5. The normalized spacial score (nSPS) is 12.0. The summed E-state index contributed by atoms with van der Waals surface area (Å²) in [4.78, 5) is 12.3. The van der Waals surface area contributed by atoms with Gasteiger partial charge in [0.2, 0.25) is 17.7 Å². The summed E-state index contributed by atoms with van der Waals surface area (Å²) in [6, 6.07) is 9.88. The largest absolute Gasteiger partial charge is 0.496 e. The van der Waals surface area contributed by atoms with Gasteiger partial charge in [0.15, 0.2) is 0 Å². The first-order valence-corrected chi connectivity index (χ1v) is 10.2. The molecule has 1 aromatic carbocycles. The van der Waals surface area contributed by atoms with Crippen LogP contribution in [0.2, 0.25) is 0 Å². The molecule has 0 radical (unpaired) electrons. The van der Waals surface area contributed by atoms with Crippen molar-refractivity contribution < 1.29 is 13.9 Å². The summed E-state index contributed by atoms with van der Waals surface area (Å²) in [5, 5.41) is 15.6. The summed E-state index contributed by atoms with van der Waals surface area (Å²) in [7, 11) is 1.66. The molecule has 1 atom stereocenters. The Kier molecular flexibility index (Phi) is 7.21. The van der Waals surface area contributed by atoms with E-state index in [9.17, 15) is 4.79 Å². The number of para-hydroxylation sites is 1. The summed E-state index contributed by atoms with van der Waals surface area (Å²) in [5.41, 5.74) is 3.15. The van der Waals surface area contributed by atoms with Crippen LogP contribution in [0, 0.1) is 13.8 Å².